The van der Waals surface area contributed by atoms with Crippen LogP contribution in [0.5, 0.6) is 0 Å². The first-order valence-corrected chi connectivity index (χ1v) is 11.2. The molecule has 1 fully saturated rings. The molecule has 2 unspecified atom stereocenters. The number of aryl methyl sites for hydroxylation is 1. The standard InChI is InChI=1S/C23H32N6O2/c1-3-22-28-26-16-29(22)12-11-24-23(25-15-19-9-6-7-13-30-19)27-17(2)21-14-18-8-4-5-10-20(18)31-21/h4-5,8,10,14,16-17,19H,3,6-7,9,11-13,15H2,1-2H3,(H2,24,25,27). The molecule has 0 amide bonds. The average molecular weight is 425 g/mol. The molecule has 1 saturated heterocycles. The number of guanidine groups is 1. The third-order valence-electron chi connectivity index (χ3n) is 5.61. The summed E-state index contributed by atoms with van der Waals surface area (Å²) in [6, 6.07) is 10.1. The lowest BCUT2D eigenvalue weighted by Gasteiger charge is -2.22. The van der Waals surface area contributed by atoms with E-state index in [0.717, 1.165) is 67.5 Å². The van der Waals surface area contributed by atoms with Crippen molar-refractivity contribution in [2.75, 3.05) is 19.7 Å². The molecule has 0 spiro atoms. The first kappa shape index (κ1) is 21.4. The Balaban J connectivity index is 1.41. The molecule has 1 aromatic carbocycles. The van der Waals surface area contributed by atoms with Crippen LogP contribution in [0.2, 0.25) is 0 Å². The third kappa shape index (κ3) is 5.64. The van der Waals surface area contributed by atoms with Crippen LogP contribution in [-0.2, 0) is 17.7 Å². The SMILES string of the molecule is CCc1nncn1CCNC(=NCC1CCCCO1)NC(C)c1cc2ccccc2o1. The predicted octanol–water partition coefficient (Wildman–Crippen LogP) is 3.45. The highest BCUT2D eigenvalue weighted by molar-refractivity contribution is 5.81. The molecule has 3 heterocycles. The van der Waals surface area contributed by atoms with Crippen molar-refractivity contribution in [3.63, 3.8) is 0 Å². The van der Waals surface area contributed by atoms with Crippen LogP contribution in [0.1, 0.15) is 50.7 Å². The van der Waals surface area contributed by atoms with E-state index in [1.54, 1.807) is 6.33 Å². The van der Waals surface area contributed by atoms with Gasteiger partial charge in [0.05, 0.1) is 18.7 Å². The van der Waals surface area contributed by atoms with Crippen LogP contribution in [-0.4, -0.2) is 46.5 Å². The largest absolute Gasteiger partial charge is 0.459 e. The van der Waals surface area contributed by atoms with Crippen molar-refractivity contribution in [2.24, 2.45) is 4.99 Å². The molecular weight excluding hydrogens is 392 g/mol. The Kier molecular flexibility index (Phi) is 7.19. The fourth-order valence-electron chi connectivity index (χ4n) is 3.82. The van der Waals surface area contributed by atoms with Crippen molar-refractivity contribution >= 4 is 16.9 Å². The van der Waals surface area contributed by atoms with Crippen LogP contribution < -0.4 is 10.6 Å². The quantitative estimate of drug-likeness (QED) is 0.425. The summed E-state index contributed by atoms with van der Waals surface area (Å²) in [6.07, 6.45) is 6.25. The first-order valence-electron chi connectivity index (χ1n) is 11.2. The lowest BCUT2D eigenvalue weighted by Crippen LogP contribution is -2.41. The smallest absolute Gasteiger partial charge is 0.192 e. The molecular formula is C23H32N6O2. The van der Waals surface area contributed by atoms with E-state index in [0.29, 0.717) is 6.54 Å². The van der Waals surface area contributed by atoms with Crippen LogP contribution >= 0.6 is 0 Å². The molecule has 1 aliphatic heterocycles. The number of hydrogen-bond donors (Lipinski definition) is 2. The van der Waals surface area contributed by atoms with Gasteiger partial charge in [-0.3, -0.25) is 4.99 Å². The van der Waals surface area contributed by atoms with Gasteiger partial charge in [0.25, 0.3) is 0 Å². The topological polar surface area (TPSA) is 89.5 Å². The number of rotatable bonds is 8. The van der Waals surface area contributed by atoms with Crippen molar-refractivity contribution in [2.45, 2.75) is 58.2 Å². The second-order valence-electron chi connectivity index (χ2n) is 7.95. The second kappa shape index (κ2) is 10.4. The van der Waals surface area contributed by atoms with Crippen LogP contribution in [0.4, 0.5) is 0 Å². The monoisotopic (exact) mass is 424 g/mol. The molecule has 0 bridgehead atoms. The van der Waals surface area contributed by atoms with Crippen molar-refractivity contribution in [3.8, 4) is 0 Å². The molecule has 2 N–H and O–H groups in total. The van der Waals surface area contributed by atoms with Gasteiger partial charge in [-0.15, -0.1) is 10.2 Å². The predicted molar refractivity (Wildman–Crippen MR) is 121 cm³/mol. The zero-order chi connectivity index (χ0) is 21.5. The highest BCUT2D eigenvalue weighted by Gasteiger charge is 2.16. The number of aromatic nitrogens is 3. The minimum absolute atomic E-state index is 0.0213. The summed E-state index contributed by atoms with van der Waals surface area (Å²) >= 11 is 0. The van der Waals surface area contributed by atoms with E-state index in [2.05, 4.69) is 51.4 Å². The van der Waals surface area contributed by atoms with E-state index in [-0.39, 0.29) is 12.1 Å². The van der Waals surface area contributed by atoms with E-state index >= 15 is 0 Å². The van der Waals surface area contributed by atoms with E-state index in [4.69, 9.17) is 14.1 Å². The number of fused-ring (bicyclic) bond motifs is 1. The summed E-state index contributed by atoms with van der Waals surface area (Å²) in [7, 11) is 0. The zero-order valence-electron chi connectivity index (χ0n) is 18.4. The fourth-order valence-corrected chi connectivity index (χ4v) is 3.82. The molecule has 31 heavy (non-hydrogen) atoms. The molecule has 0 radical (unpaired) electrons. The molecule has 1 aliphatic rings. The zero-order valence-corrected chi connectivity index (χ0v) is 18.4. The summed E-state index contributed by atoms with van der Waals surface area (Å²) in [4.78, 5) is 4.82. The Bertz CT molecular complexity index is 956. The van der Waals surface area contributed by atoms with E-state index in [1.807, 2.05) is 18.2 Å². The van der Waals surface area contributed by atoms with Gasteiger partial charge in [0.2, 0.25) is 0 Å². The van der Waals surface area contributed by atoms with Gasteiger partial charge < -0.3 is 24.4 Å². The third-order valence-corrected chi connectivity index (χ3v) is 5.61. The summed E-state index contributed by atoms with van der Waals surface area (Å²) in [5, 5.41) is 16.2. The van der Waals surface area contributed by atoms with Crippen molar-refractivity contribution in [1.82, 2.24) is 25.4 Å². The summed E-state index contributed by atoms with van der Waals surface area (Å²) in [5.41, 5.74) is 0.896. The summed E-state index contributed by atoms with van der Waals surface area (Å²) < 4.78 is 13.9. The Morgan fingerprint density at radius 2 is 2.23 bits per heavy atom. The highest BCUT2D eigenvalue weighted by Crippen LogP contribution is 2.23. The first-order chi connectivity index (χ1) is 15.2. The van der Waals surface area contributed by atoms with E-state index in [1.165, 1.54) is 6.42 Å². The molecule has 0 aliphatic carbocycles. The molecule has 3 aromatic rings. The summed E-state index contributed by atoms with van der Waals surface area (Å²) in [6.45, 7) is 7.14. The molecule has 4 rings (SSSR count). The van der Waals surface area contributed by atoms with Crippen LogP contribution in [0.25, 0.3) is 11.0 Å². The van der Waals surface area contributed by atoms with Gasteiger partial charge in [-0.25, -0.2) is 0 Å². The molecule has 2 aromatic heterocycles. The number of benzene rings is 1. The van der Waals surface area contributed by atoms with Gasteiger partial charge in [0, 0.05) is 31.5 Å². The normalized spacial score (nSPS) is 18.3. The van der Waals surface area contributed by atoms with Crippen LogP contribution in [0.15, 0.2) is 46.1 Å². The summed E-state index contributed by atoms with van der Waals surface area (Å²) in [5.74, 6) is 2.63. The number of aliphatic imine (C=N–C) groups is 1. The molecule has 2 atom stereocenters. The number of nitrogens with zero attached hydrogens (tertiary/aromatic N) is 4. The van der Waals surface area contributed by atoms with Crippen molar-refractivity contribution in [3.05, 3.63) is 48.2 Å². The number of para-hydroxylation sites is 1. The van der Waals surface area contributed by atoms with Gasteiger partial charge >= 0.3 is 0 Å². The van der Waals surface area contributed by atoms with E-state index in [9.17, 15) is 0 Å². The number of furan rings is 1. The van der Waals surface area contributed by atoms with Gasteiger partial charge in [-0.2, -0.15) is 0 Å². The molecule has 0 saturated carbocycles. The molecule has 8 nitrogen and oxygen atoms in total. The Hall–Kier alpha value is -2.87. The van der Waals surface area contributed by atoms with Gasteiger partial charge in [-0.1, -0.05) is 25.1 Å². The minimum atomic E-state index is -0.0213. The Morgan fingerprint density at radius 1 is 1.32 bits per heavy atom. The number of hydrogen-bond acceptors (Lipinski definition) is 5. The Labute approximate surface area is 183 Å². The Morgan fingerprint density at radius 3 is 3.03 bits per heavy atom. The van der Waals surface area contributed by atoms with Gasteiger partial charge in [0.1, 0.15) is 23.5 Å². The van der Waals surface area contributed by atoms with Gasteiger partial charge in [-0.05, 0) is 38.3 Å². The second-order valence-corrected chi connectivity index (χ2v) is 7.95. The minimum Gasteiger partial charge on any atom is -0.459 e. The number of nitrogens with one attached hydrogen (secondary N) is 2. The molecule has 8 heteroatoms. The van der Waals surface area contributed by atoms with Gasteiger partial charge in [0.15, 0.2) is 5.96 Å². The fraction of sp³-hybridized carbons (Fsp3) is 0.522. The van der Waals surface area contributed by atoms with E-state index < -0.39 is 0 Å². The maximum absolute atomic E-state index is 6.03. The maximum atomic E-state index is 6.03. The lowest BCUT2D eigenvalue weighted by atomic mass is 10.1. The average Bonchev–Trinajstić information content (AvgIpc) is 3.44. The van der Waals surface area contributed by atoms with Crippen molar-refractivity contribution < 1.29 is 9.15 Å². The van der Waals surface area contributed by atoms with Crippen LogP contribution in [0.3, 0.4) is 0 Å². The maximum Gasteiger partial charge on any atom is 0.192 e. The van der Waals surface area contributed by atoms with Crippen LogP contribution in [0, 0.1) is 0 Å². The lowest BCUT2D eigenvalue weighted by molar-refractivity contribution is 0.0224. The highest BCUT2D eigenvalue weighted by atomic mass is 16.5. The van der Waals surface area contributed by atoms with Crippen molar-refractivity contribution in [1.29, 1.82) is 0 Å². The number of ether oxygens (including phenoxy) is 1. The molecule has 166 valence electrons.